The quantitative estimate of drug-likeness (QED) is 0.0386. The summed E-state index contributed by atoms with van der Waals surface area (Å²) in [5, 5.41) is 91.3. The maximum Gasteiger partial charge on any atom is 0.335 e. The second-order valence-electron chi connectivity index (χ2n) is 19.8. The molecule has 0 spiro atoms. The predicted molar refractivity (Wildman–Crippen MR) is 333 cm³/mol. The molecule has 0 saturated carbocycles. The largest absolute Gasteiger partial charge is 0.478 e. The lowest BCUT2D eigenvalue weighted by molar-refractivity contribution is -0.387. The van der Waals surface area contributed by atoms with E-state index in [2.05, 4.69) is 9.97 Å². The van der Waals surface area contributed by atoms with E-state index in [1.54, 1.807) is 0 Å². The molecule has 0 radical (unpaired) electrons. The van der Waals surface area contributed by atoms with Gasteiger partial charge < -0.3 is 30.4 Å². The molecule has 0 atom stereocenters. The van der Waals surface area contributed by atoms with Gasteiger partial charge in [-0.15, -0.1) is 0 Å². The highest BCUT2D eigenvalue weighted by molar-refractivity contribution is 8.00. The minimum atomic E-state index is -1.21. The maximum absolute atomic E-state index is 13.1. The van der Waals surface area contributed by atoms with Gasteiger partial charge in [-0.1, -0.05) is 47.0 Å². The molecule has 3 aromatic heterocycles. The number of nitro groups is 4. The van der Waals surface area contributed by atoms with Crippen molar-refractivity contribution in [2.45, 2.75) is 39.2 Å². The van der Waals surface area contributed by atoms with Crippen LogP contribution < -0.4 is 0 Å². The molecule has 6 N–H and O–H groups in total. The van der Waals surface area contributed by atoms with Crippen molar-refractivity contribution in [1.82, 2.24) is 39.9 Å². The molecule has 0 fully saturated rings. The normalized spacial score (nSPS) is 11.5. The molecule has 0 saturated heterocycles. The average molecular weight is 1300 g/mol. The molecular formula is C60H30N12O16S4. The molecule has 11 aromatic rings. The molecule has 0 amide bonds. The fourth-order valence-corrected chi connectivity index (χ4v) is 13.7. The SMILES string of the molecule is O=C(O)c1ccc(Sc2cc3c(cc2[N+](=O)[O-])-c2nc-3nc3[nH]c(nc4nc(nc5[nH]c(n2)c2cc(Sc6ccc(C(=O)O)cc6)c([N+](=O)[O-])cc52)-c2cc(Sc5ccc(C(=O)O)cc5)c([N+](=O)[O-])cc2-4)c2cc(Sc4ccc(C(=O)O)cc4)c([N+](=O)[O-])cc32)cc1. The number of hydrogen-bond donors (Lipinski definition) is 6. The number of carbonyl (C=O) groups is 4. The number of fused-ring (bicyclic) bond motifs is 20. The van der Waals surface area contributed by atoms with Crippen LogP contribution in [0.15, 0.2) is 185 Å². The Morgan fingerprint density at radius 3 is 0.772 bits per heavy atom. The zero-order valence-electron chi connectivity index (χ0n) is 45.6. The van der Waals surface area contributed by atoms with Gasteiger partial charge in [-0.25, -0.2) is 49.1 Å². The van der Waals surface area contributed by atoms with Crippen molar-refractivity contribution in [2.75, 3.05) is 0 Å². The lowest BCUT2D eigenvalue weighted by Gasteiger charge is -2.07. The van der Waals surface area contributed by atoms with Crippen molar-refractivity contribution in [3.05, 3.63) is 208 Å². The van der Waals surface area contributed by atoms with Crippen LogP contribution in [0.1, 0.15) is 41.4 Å². The Balaban J connectivity index is 1.13. The molecule has 0 unspecified atom stereocenters. The Kier molecular flexibility index (Phi) is 14.9. The fourth-order valence-electron chi connectivity index (χ4n) is 9.92. The van der Waals surface area contributed by atoms with Gasteiger partial charge in [-0.05, 0) is 121 Å². The van der Waals surface area contributed by atoms with Crippen LogP contribution in [0.2, 0.25) is 0 Å². The van der Waals surface area contributed by atoms with Gasteiger partial charge in [0.25, 0.3) is 22.7 Å². The van der Waals surface area contributed by atoms with E-state index in [4.69, 9.17) is 29.9 Å². The molecule has 13 rings (SSSR count). The number of benzene rings is 8. The highest BCUT2D eigenvalue weighted by Crippen LogP contribution is 2.48. The van der Waals surface area contributed by atoms with Gasteiger partial charge >= 0.3 is 23.9 Å². The maximum atomic E-state index is 13.1. The number of H-pyrrole nitrogens is 2. The zero-order chi connectivity index (χ0) is 64.5. The highest BCUT2D eigenvalue weighted by Gasteiger charge is 2.31. The third kappa shape index (κ3) is 11.1. The number of aromatic amines is 2. The molecule has 8 bridgehead atoms. The van der Waals surface area contributed by atoms with E-state index in [0.717, 1.165) is 47.0 Å². The second kappa shape index (κ2) is 23.2. The van der Waals surface area contributed by atoms with Crippen LogP contribution in [0.4, 0.5) is 22.7 Å². The number of nitrogens with one attached hydrogen (secondary N) is 2. The van der Waals surface area contributed by atoms with Crippen LogP contribution in [-0.2, 0) is 0 Å². The van der Waals surface area contributed by atoms with E-state index in [0.29, 0.717) is 19.6 Å². The van der Waals surface area contributed by atoms with Crippen LogP contribution in [0.5, 0.6) is 0 Å². The van der Waals surface area contributed by atoms with Crippen molar-refractivity contribution in [2.24, 2.45) is 0 Å². The molecule has 450 valence electrons. The van der Waals surface area contributed by atoms with E-state index >= 15 is 0 Å². The minimum Gasteiger partial charge on any atom is -0.478 e. The summed E-state index contributed by atoms with van der Waals surface area (Å²) in [4.78, 5) is 134. The molecule has 5 heterocycles. The van der Waals surface area contributed by atoms with Crippen LogP contribution in [0.3, 0.4) is 0 Å². The predicted octanol–water partition coefficient (Wildman–Crippen LogP) is 13.9. The second-order valence-corrected chi connectivity index (χ2v) is 24.3. The standard InChI is InChI=1S/C60H30N12O16S4/c73-57(74)25-1-9-29(10-2-25)89-45-21-37-33(17-41(45)69(81)82)49-61-53(37)65-50-34-18-42(70(83)84)46(90-30-11-3-26(4-12-30)58(75)76)22-38(34)55(62-50)67-52-36-20-44(72(87)88)48(92-32-15-7-28(8-16-32)60(79)80)24-40(36)56(64-52)68-51-35-19-43(71(85)86)47(23-39(35)54(63-51)66-49)91-31-13-5-27(6-14-31)59(77)78/h1-24H,(H,73,74)(H,75,76)(H,77,78)(H,79,80)(H2,61,62,63,64,65,66,67,68). The third-order valence-electron chi connectivity index (χ3n) is 14.3. The monoisotopic (exact) mass is 1300 g/mol. The fraction of sp³-hybridized carbons (Fsp3) is 0. The minimum absolute atomic E-state index is 0.0260. The summed E-state index contributed by atoms with van der Waals surface area (Å²) < 4.78 is 0. The van der Waals surface area contributed by atoms with Crippen molar-refractivity contribution in [1.29, 1.82) is 0 Å². The first-order valence-corrected chi connectivity index (χ1v) is 29.6. The number of hydrogen-bond acceptors (Lipinski definition) is 22. The van der Waals surface area contributed by atoms with Crippen LogP contribution in [-0.4, -0.2) is 104 Å². The molecule has 0 aliphatic carbocycles. The summed E-state index contributed by atoms with van der Waals surface area (Å²) in [6.07, 6.45) is 0. The van der Waals surface area contributed by atoms with Crippen molar-refractivity contribution in [3.63, 3.8) is 0 Å². The first kappa shape index (κ1) is 59.0. The van der Waals surface area contributed by atoms with E-state index in [1.807, 2.05) is 0 Å². The van der Waals surface area contributed by atoms with E-state index in [-0.39, 0.29) is 132 Å². The topological polar surface area (TPSA) is 431 Å². The van der Waals surface area contributed by atoms with E-state index in [9.17, 15) is 80.1 Å². The average Bonchev–Trinajstić information content (AvgIpc) is 1.59. The number of carboxylic acid groups (broad SMARTS) is 4. The Morgan fingerprint density at radius 2 is 0.533 bits per heavy atom. The Bertz CT molecular complexity index is 5000. The molecule has 2 aliphatic heterocycles. The summed E-state index contributed by atoms with van der Waals surface area (Å²) in [6.45, 7) is 0. The van der Waals surface area contributed by atoms with Crippen LogP contribution in [0, 0.1) is 40.5 Å². The van der Waals surface area contributed by atoms with Crippen molar-refractivity contribution < 1.29 is 59.3 Å². The zero-order valence-corrected chi connectivity index (χ0v) is 48.9. The van der Waals surface area contributed by atoms with Crippen LogP contribution in [0.25, 0.3) is 89.7 Å². The highest BCUT2D eigenvalue weighted by atomic mass is 32.2. The summed E-state index contributed by atoms with van der Waals surface area (Å²) >= 11 is 3.65. The van der Waals surface area contributed by atoms with Crippen molar-refractivity contribution in [3.8, 4) is 45.6 Å². The number of aromatic nitrogens is 8. The number of nitrogens with zero attached hydrogens (tertiary/aromatic N) is 10. The van der Waals surface area contributed by atoms with Crippen molar-refractivity contribution >= 4 is 138 Å². The van der Waals surface area contributed by atoms with Gasteiger partial charge in [0, 0.05) is 87.6 Å². The van der Waals surface area contributed by atoms with Gasteiger partial charge in [0.05, 0.1) is 61.5 Å². The molecule has 8 aromatic carbocycles. The van der Waals surface area contributed by atoms with Gasteiger partial charge in [-0.3, -0.25) is 40.5 Å². The van der Waals surface area contributed by atoms with Gasteiger partial charge in [0.15, 0.2) is 23.3 Å². The lowest BCUT2D eigenvalue weighted by Crippen LogP contribution is -1.95. The first-order valence-electron chi connectivity index (χ1n) is 26.3. The summed E-state index contributed by atoms with van der Waals surface area (Å²) in [5.41, 5.74) is -2.12. The van der Waals surface area contributed by atoms with E-state index in [1.165, 1.54) is 146 Å². The smallest absolute Gasteiger partial charge is 0.335 e. The number of aromatic carboxylic acids is 4. The number of nitro benzene ring substituents is 4. The number of rotatable bonds is 16. The van der Waals surface area contributed by atoms with E-state index < -0.39 is 66.3 Å². The first-order chi connectivity index (χ1) is 44.1. The Morgan fingerprint density at radius 1 is 0.315 bits per heavy atom. The molecular weight excluding hydrogens is 1270 g/mol. The van der Waals surface area contributed by atoms with Gasteiger partial charge in [0.2, 0.25) is 0 Å². The van der Waals surface area contributed by atoms with Gasteiger partial charge in [-0.2, -0.15) is 0 Å². The molecule has 92 heavy (non-hydrogen) atoms. The molecule has 2 aliphatic rings. The Hall–Kier alpha value is -12.0. The molecule has 32 heteroatoms. The lowest BCUT2D eigenvalue weighted by atomic mass is 10.1. The molecule has 28 nitrogen and oxygen atoms in total. The Labute approximate surface area is 527 Å². The van der Waals surface area contributed by atoms with Crippen LogP contribution >= 0.6 is 47.0 Å². The summed E-state index contributed by atoms with van der Waals surface area (Å²) in [6, 6.07) is 32.7. The number of carboxylic acids is 4. The third-order valence-corrected chi connectivity index (χ3v) is 18.5. The van der Waals surface area contributed by atoms with Gasteiger partial charge in [0.1, 0.15) is 22.6 Å². The summed E-state index contributed by atoms with van der Waals surface area (Å²) in [5.74, 6) is -5.61. The summed E-state index contributed by atoms with van der Waals surface area (Å²) in [7, 11) is 0.